The maximum absolute atomic E-state index is 12.7. The van der Waals surface area contributed by atoms with Gasteiger partial charge in [-0.15, -0.1) is 11.8 Å². The van der Waals surface area contributed by atoms with Gasteiger partial charge in [0, 0.05) is 21.8 Å². The van der Waals surface area contributed by atoms with Gasteiger partial charge in [0.05, 0.1) is 12.4 Å². The monoisotopic (exact) mass is 434 g/mol. The van der Waals surface area contributed by atoms with Gasteiger partial charge in [-0.3, -0.25) is 9.59 Å². The largest absolute Gasteiger partial charge is 0.497 e. The Kier molecular flexibility index (Phi) is 7.36. The number of ether oxygens (including phenoxy) is 1. The SMILES string of the molecule is COc1cccc(C(=O)Nc2cccc(SC(C)C(=O)Nc3c(C)cccc3C)c2)c1. The number of thioether (sulfide) groups is 1. The van der Waals surface area contributed by atoms with Gasteiger partial charge >= 0.3 is 0 Å². The smallest absolute Gasteiger partial charge is 0.255 e. The van der Waals surface area contributed by atoms with Crippen molar-refractivity contribution in [1.82, 2.24) is 0 Å². The van der Waals surface area contributed by atoms with Gasteiger partial charge in [-0.25, -0.2) is 0 Å². The number of carbonyl (C=O) groups is 2. The number of hydrogen-bond acceptors (Lipinski definition) is 4. The highest BCUT2D eigenvalue weighted by Gasteiger charge is 2.17. The summed E-state index contributed by atoms with van der Waals surface area (Å²) in [6.07, 6.45) is 0. The molecule has 0 aliphatic rings. The van der Waals surface area contributed by atoms with Crippen molar-refractivity contribution >= 4 is 35.0 Å². The molecule has 2 amide bonds. The van der Waals surface area contributed by atoms with E-state index in [1.54, 1.807) is 31.4 Å². The first-order chi connectivity index (χ1) is 14.9. The molecule has 0 aliphatic carbocycles. The van der Waals surface area contributed by atoms with Crippen molar-refractivity contribution in [3.8, 4) is 5.75 Å². The molecule has 160 valence electrons. The maximum Gasteiger partial charge on any atom is 0.255 e. The topological polar surface area (TPSA) is 67.4 Å². The molecule has 1 atom stereocenters. The summed E-state index contributed by atoms with van der Waals surface area (Å²) in [5, 5.41) is 5.63. The molecule has 3 aromatic rings. The number of nitrogens with one attached hydrogen (secondary N) is 2. The Bertz CT molecular complexity index is 1080. The lowest BCUT2D eigenvalue weighted by Crippen LogP contribution is -2.23. The molecular formula is C25H26N2O3S. The zero-order valence-electron chi connectivity index (χ0n) is 18.1. The van der Waals surface area contributed by atoms with Crippen LogP contribution in [0.15, 0.2) is 71.6 Å². The molecule has 0 aliphatic heterocycles. The highest BCUT2D eigenvalue weighted by atomic mass is 32.2. The summed E-state index contributed by atoms with van der Waals surface area (Å²) in [6, 6.07) is 20.4. The standard InChI is InChI=1S/C25H26N2O3S/c1-16-8-5-9-17(2)23(16)27-24(28)18(3)31-22-13-7-11-20(15-22)26-25(29)19-10-6-12-21(14-19)30-4/h5-15,18H,1-4H3,(H,26,29)(H,27,28). The first kappa shape index (κ1) is 22.4. The lowest BCUT2D eigenvalue weighted by Gasteiger charge is -2.16. The molecule has 31 heavy (non-hydrogen) atoms. The predicted octanol–water partition coefficient (Wildman–Crippen LogP) is 5.68. The minimum Gasteiger partial charge on any atom is -0.497 e. The fourth-order valence-electron chi connectivity index (χ4n) is 3.11. The van der Waals surface area contributed by atoms with Gasteiger partial charge in [0.1, 0.15) is 5.75 Å². The normalized spacial score (nSPS) is 11.5. The number of amides is 2. The van der Waals surface area contributed by atoms with Crippen molar-refractivity contribution in [3.05, 3.63) is 83.4 Å². The van der Waals surface area contributed by atoms with Gasteiger partial charge < -0.3 is 15.4 Å². The van der Waals surface area contributed by atoms with E-state index in [1.165, 1.54) is 11.8 Å². The Hall–Kier alpha value is -3.25. The van der Waals surface area contributed by atoms with Crippen LogP contribution in [0, 0.1) is 13.8 Å². The highest BCUT2D eigenvalue weighted by Crippen LogP contribution is 2.28. The molecule has 3 rings (SSSR count). The Labute approximate surface area is 187 Å². The second-order valence-corrected chi connectivity index (χ2v) is 8.64. The van der Waals surface area contributed by atoms with Crippen LogP contribution in [0.5, 0.6) is 5.75 Å². The van der Waals surface area contributed by atoms with E-state index in [4.69, 9.17) is 4.74 Å². The van der Waals surface area contributed by atoms with Crippen LogP contribution in [0.1, 0.15) is 28.4 Å². The summed E-state index contributed by atoms with van der Waals surface area (Å²) in [5.74, 6) is 0.343. The van der Waals surface area contributed by atoms with Gasteiger partial charge in [0.2, 0.25) is 5.91 Å². The third-order valence-corrected chi connectivity index (χ3v) is 5.93. The van der Waals surface area contributed by atoms with E-state index in [1.807, 2.05) is 63.2 Å². The number of hydrogen-bond donors (Lipinski definition) is 2. The molecule has 0 saturated carbocycles. The summed E-state index contributed by atoms with van der Waals surface area (Å²) in [4.78, 5) is 26.2. The average molecular weight is 435 g/mol. The van der Waals surface area contributed by atoms with Gasteiger partial charge in [-0.05, 0) is 68.3 Å². The summed E-state index contributed by atoms with van der Waals surface area (Å²) in [5.41, 5.74) is 4.11. The first-order valence-corrected chi connectivity index (χ1v) is 10.8. The molecule has 0 spiro atoms. The van der Waals surface area contributed by atoms with E-state index in [0.29, 0.717) is 17.0 Å². The molecule has 5 nitrogen and oxygen atoms in total. The summed E-state index contributed by atoms with van der Waals surface area (Å²) < 4.78 is 5.18. The molecule has 0 aromatic heterocycles. The minimum atomic E-state index is -0.302. The van der Waals surface area contributed by atoms with E-state index in [2.05, 4.69) is 10.6 Å². The number of rotatable bonds is 7. The van der Waals surface area contributed by atoms with Crippen LogP contribution in [-0.4, -0.2) is 24.2 Å². The first-order valence-electron chi connectivity index (χ1n) is 9.96. The third kappa shape index (κ3) is 5.89. The van der Waals surface area contributed by atoms with Crippen molar-refractivity contribution in [1.29, 1.82) is 0 Å². The van der Waals surface area contributed by atoms with Crippen LogP contribution in [-0.2, 0) is 4.79 Å². The number of methoxy groups -OCH3 is 1. The predicted molar refractivity (Wildman–Crippen MR) is 127 cm³/mol. The molecular weight excluding hydrogens is 408 g/mol. The van der Waals surface area contributed by atoms with Crippen molar-refractivity contribution < 1.29 is 14.3 Å². The fourth-order valence-corrected chi connectivity index (χ4v) is 4.04. The van der Waals surface area contributed by atoms with Crippen LogP contribution in [0.25, 0.3) is 0 Å². The van der Waals surface area contributed by atoms with Gasteiger partial charge in [0.15, 0.2) is 0 Å². The second-order valence-electron chi connectivity index (χ2n) is 7.23. The van der Waals surface area contributed by atoms with Gasteiger partial charge in [-0.2, -0.15) is 0 Å². The Morgan fingerprint density at radius 2 is 1.58 bits per heavy atom. The fraction of sp³-hybridized carbons (Fsp3) is 0.200. The lowest BCUT2D eigenvalue weighted by molar-refractivity contribution is -0.115. The molecule has 3 aromatic carbocycles. The van der Waals surface area contributed by atoms with E-state index in [0.717, 1.165) is 21.7 Å². The zero-order chi connectivity index (χ0) is 22.4. The second kappa shape index (κ2) is 10.2. The van der Waals surface area contributed by atoms with Crippen molar-refractivity contribution in [2.45, 2.75) is 30.9 Å². The van der Waals surface area contributed by atoms with Crippen molar-refractivity contribution in [2.75, 3.05) is 17.7 Å². The van der Waals surface area contributed by atoms with Crippen LogP contribution in [0.4, 0.5) is 11.4 Å². The number of anilines is 2. The Morgan fingerprint density at radius 1 is 0.903 bits per heavy atom. The Balaban J connectivity index is 1.65. The van der Waals surface area contributed by atoms with E-state index in [9.17, 15) is 9.59 Å². The molecule has 0 bridgehead atoms. The highest BCUT2D eigenvalue weighted by molar-refractivity contribution is 8.00. The Morgan fingerprint density at radius 3 is 2.29 bits per heavy atom. The quantitative estimate of drug-likeness (QED) is 0.469. The summed E-state index contributed by atoms with van der Waals surface area (Å²) in [7, 11) is 1.56. The van der Waals surface area contributed by atoms with Gasteiger partial charge in [-0.1, -0.05) is 30.3 Å². The van der Waals surface area contributed by atoms with Crippen molar-refractivity contribution in [3.63, 3.8) is 0 Å². The number of carbonyl (C=O) groups excluding carboxylic acids is 2. The summed E-state index contributed by atoms with van der Waals surface area (Å²) in [6.45, 7) is 5.83. The van der Waals surface area contributed by atoms with Crippen LogP contribution >= 0.6 is 11.8 Å². The van der Waals surface area contributed by atoms with E-state index < -0.39 is 0 Å². The van der Waals surface area contributed by atoms with Crippen molar-refractivity contribution in [2.24, 2.45) is 0 Å². The number of aryl methyl sites for hydroxylation is 2. The average Bonchev–Trinajstić information content (AvgIpc) is 2.76. The third-order valence-electron chi connectivity index (χ3n) is 4.84. The van der Waals surface area contributed by atoms with Crippen LogP contribution in [0.2, 0.25) is 0 Å². The molecule has 0 radical (unpaired) electrons. The van der Waals surface area contributed by atoms with Crippen LogP contribution < -0.4 is 15.4 Å². The molecule has 0 saturated heterocycles. The lowest BCUT2D eigenvalue weighted by atomic mass is 10.1. The van der Waals surface area contributed by atoms with E-state index >= 15 is 0 Å². The number of benzene rings is 3. The zero-order valence-corrected chi connectivity index (χ0v) is 18.9. The molecule has 0 fully saturated rings. The maximum atomic E-state index is 12.7. The molecule has 2 N–H and O–H groups in total. The number of para-hydroxylation sites is 1. The van der Waals surface area contributed by atoms with Gasteiger partial charge in [0.25, 0.3) is 5.91 Å². The molecule has 1 unspecified atom stereocenters. The summed E-state index contributed by atoms with van der Waals surface area (Å²) >= 11 is 1.44. The molecule has 0 heterocycles. The minimum absolute atomic E-state index is 0.0618. The molecule has 6 heteroatoms. The van der Waals surface area contributed by atoms with E-state index in [-0.39, 0.29) is 17.1 Å². The van der Waals surface area contributed by atoms with Crippen LogP contribution in [0.3, 0.4) is 0 Å².